The van der Waals surface area contributed by atoms with Gasteiger partial charge in [0.15, 0.2) is 0 Å². The SMILES string of the molecule is CC1(C(=O)NS(=O)(=O)Cc2ccccc2C(F)(F)F)CCN1C(=O)CCC1CCCC1. The van der Waals surface area contributed by atoms with Crippen molar-refractivity contribution in [3.05, 3.63) is 35.4 Å². The number of nitrogens with one attached hydrogen (secondary N) is 1. The number of amides is 2. The van der Waals surface area contributed by atoms with Gasteiger partial charge in [-0.25, -0.2) is 8.42 Å². The highest BCUT2D eigenvalue weighted by Crippen LogP contribution is 2.35. The molecule has 1 N–H and O–H groups in total. The normalized spacial score (nSPS) is 22.3. The van der Waals surface area contributed by atoms with Crippen LogP contribution in [0.1, 0.15) is 63.0 Å². The van der Waals surface area contributed by atoms with Gasteiger partial charge in [0, 0.05) is 13.0 Å². The van der Waals surface area contributed by atoms with Crippen molar-refractivity contribution in [1.29, 1.82) is 0 Å². The van der Waals surface area contributed by atoms with Crippen LogP contribution in [0, 0.1) is 5.92 Å². The fourth-order valence-corrected chi connectivity index (χ4v) is 5.61. The number of hydrogen-bond donors (Lipinski definition) is 1. The highest BCUT2D eigenvalue weighted by atomic mass is 32.2. The molecule has 1 aromatic carbocycles. The van der Waals surface area contributed by atoms with Gasteiger partial charge in [0.1, 0.15) is 5.54 Å². The highest BCUT2D eigenvalue weighted by molar-refractivity contribution is 7.89. The van der Waals surface area contributed by atoms with Gasteiger partial charge >= 0.3 is 6.18 Å². The van der Waals surface area contributed by atoms with E-state index in [9.17, 15) is 31.2 Å². The van der Waals surface area contributed by atoms with Gasteiger partial charge < -0.3 is 4.90 Å². The summed E-state index contributed by atoms with van der Waals surface area (Å²) in [5.74, 6) is -1.56. The molecule has 1 aliphatic heterocycles. The van der Waals surface area contributed by atoms with Crippen LogP contribution in [-0.4, -0.2) is 37.2 Å². The van der Waals surface area contributed by atoms with Crippen molar-refractivity contribution in [2.24, 2.45) is 5.92 Å². The monoisotopic (exact) mass is 460 g/mol. The summed E-state index contributed by atoms with van der Waals surface area (Å²) in [4.78, 5) is 26.7. The Morgan fingerprint density at radius 1 is 1.19 bits per heavy atom. The van der Waals surface area contributed by atoms with Crippen molar-refractivity contribution >= 4 is 21.8 Å². The van der Waals surface area contributed by atoms with Crippen LogP contribution in [-0.2, 0) is 31.5 Å². The fraction of sp³-hybridized carbons (Fsp3) is 0.619. The van der Waals surface area contributed by atoms with Crippen molar-refractivity contribution < 1.29 is 31.2 Å². The Morgan fingerprint density at radius 3 is 2.42 bits per heavy atom. The Morgan fingerprint density at radius 2 is 1.84 bits per heavy atom. The smallest absolute Gasteiger partial charge is 0.328 e. The summed E-state index contributed by atoms with van der Waals surface area (Å²) in [6.45, 7) is 1.84. The number of nitrogens with zero attached hydrogens (tertiary/aromatic N) is 1. The van der Waals surface area contributed by atoms with E-state index in [1.807, 2.05) is 4.72 Å². The lowest BCUT2D eigenvalue weighted by Crippen LogP contribution is -2.67. The second-order valence-corrected chi connectivity index (χ2v) is 10.3. The molecule has 0 spiro atoms. The summed E-state index contributed by atoms with van der Waals surface area (Å²) in [5, 5.41) is 0. The summed E-state index contributed by atoms with van der Waals surface area (Å²) in [7, 11) is -4.39. The fourth-order valence-electron chi connectivity index (χ4n) is 4.37. The van der Waals surface area contributed by atoms with E-state index in [4.69, 9.17) is 0 Å². The van der Waals surface area contributed by atoms with Crippen molar-refractivity contribution in [3.63, 3.8) is 0 Å². The molecule has 1 atom stereocenters. The van der Waals surface area contributed by atoms with E-state index in [1.54, 1.807) is 0 Å². The summed E-state index contributed by atoms with van der Waals surface area (Å²) in [6.07, 6.45) is 1.17. The number of alkyl halides is 3. The quantitative estimate of drug-likeness (QED) is 0.674. The molecular formula is C21H27F3N2O4S. The molecule has 172 valence electrons. The van der Waals surface area contributed by atoms with Crippen LogP contribution >= 0.6 is 0 Å². The van der Waals surface area contributed by atoms with E-state index in [2.05, 4.69) is 0 Å². The largest absolute Gasteiger partial charge is 0.416 e. The first-order valence-corrected chi connectivity index (χ1v) is 12.1. The van der Waals surface area contributed by atoms with Gasteiger partial charge in [-0.3, -0.25) is 14.3 Å². The molecule has 1 aliphatic carbocycles. The molecule has 0 bridgehead atoms. The number of benzene rings is 1. The van der Waals surface area contributed by atoms with Crippen LogP contribution in [0.3, 0.4) is 0 Å². The molecular weight excluding hydrogens is 433 g/mol. The Kier molecular flexibility index (Phi) is 6.69. The van der Waals surface area contributed by atoms with Gasteiger partial charge in [0.25, 0.3) is 5.91 Å². The van der Waals surface area contributed by atoms with Crippen LogP contribution in [0.5, 0.6) is 0 Å². The van der Waals surface area contributed by atoms with Gasteiger partial charge in [0.2, 0.25) is 15.9 Å². The average molecular weight is 461 g/mol. The predicted molar refractivity (Wildman–Crippen MR) is 108 cm³/mol. The predicted octanol–water partition coefficient (Wildman–Crippen LogP) is 3.61. The number of likely N-dealkylation sites (tertiary alicyclic amines) is 1. The van der Waals surface area contributed by atoms with E-state index in [-0.39, 0.29) is 5.91 Å². The third-order valence-corrected chi connectivity index (χ3v) is 7.55. The molecule has 3 rings (SSSR count). The number of hydrogen-bond acceptors (Lipinski definition) is 4. The van der Waals surface area contributed by atoms with E-state index in [0.29, 0.717) is 25.3 Å². The van der Waals surface area contributed by atoms with E-state index in [1.165, 1.54) is 24.0 Å². The Labute approximate surface area is 180 Å². The maximum Gasteiger partial charge on any atom is 0.416 e. The summed E-state index contributed by atoms with van der Waals surface area (Å²) < 4.78 is 66.2. The summed E-state index contributed by atoms with van der Waals surface area (Å²) >= 11 is 0. The van der Waals surface area contributed by atoms with Gasteiger partial charge in [0.05, 0.1) is 11.3 Å². The van der Waals surface area contributed by atoms with Crippen LogP contribution < -0.4 is 4.72 Å². The second-order valence-electron chi connectivity index (χ2n) is 8.60. The molecule has 1 heterocycles. The molecule has 1 unspecified atom stereocenters. The molecule has 2 amide bonds. The summed E-state index contributed by atoms with van der Waals surface area (Å²) in [5.41, 5.74) is -2.83. The maximum absolute atomic E-state index is 13.1. The van der Waals surface area contributed by atoms with Crippen LogP contribution in [0.2, 0.25) is 0 Å². The first-order chi connectivity index (χ1) is 14.4. The number of halogens is 3. The zero-order chi connectivity index (χ0) is 22.9. The van der Waals surface area contributed by atoms with Gasteiger partial charge in [-0.1, -0.05) is 43.9 Å². The van der Waals surface area contributed by atoms with Crippen LogP contribution in [0.25, 0.3) is 0 Å². The molecule has 1 saturated carbocycles. The zero-order valence-electron chi connectivity index (χ0n) is 17.4. The molecule has 2 aliphatic rings. The molecule has 2 fully saturated rings. The number of carbonyl (C=O) groups excluding carboxylic acids is 2. The molecule has 0 radical (unpaired) electrons. The third-order valence-electron chi connectivity index (χ3n) is 6.37. The Balaban J connectivity index is 1.64. The van der Waals surface area contributed by atoms with Crippen molar-refractivity contribution in [2.45, 2.75) is 69.3 Å². The first kappa shape index (κ1) is 23.6. The van der Waals surface area contributed by atoms with Gasteiger partial charge in [-0.15, -0.1) is 0 Å². The maximum atomic E-state index is 13.1. The van der Waals surface area contributed by atoms with Crippen LogP contribution in [0.4, 0.5) is 13.2 Å². The molecule has 1 saturated heterocycles. The van der Waals surface area contributed by atoms with E-state index < -0.39 is 44.5 Å². The molecule has 1 aromatic rings. The first-order valence-electron chi connectivity index (χ1n) is 10.4. The van der Waals surface area contributed by atoms with Crippen molar-refractivity contribution in [1.82, 2.24) is 9.62 Å². The van der Waals surface area contributed by atoms with Gasteiger partial charge in [-0.2, -0.15) is 13.2 Å². The lowest BCUT2D eigenvalue weighted by atomic mass is 9.85. The standard InChI is InChI=1S/C21H27F3N2O4S/c1-20(12-13-26(20)18(27)11-10-15-6-2-3-7-15)19(28)25-31(29,30)14-16-8-4-5-9-17(16)21(22,23)24/h4-5,8-9,15H,2-3,6-7,10-14H2,1H3,(H,25,28). The Hall–Kier alpha value is -2.10. The van der Waals surface area contributed by atoms with Crippen molar-refractivity contribution in [3.8, 4) is 0 Å². The minimum Gasteiger partial charge on any atom is -0.328 e. The molecule has 10 heteroatoms. The third kappa shape index (κ3) is 5.39. The Bertz CT molecular complexity index is 942. The van der Waals surface area contributed by atoms with Crippen molar-refractivity contribution in [2.75, 3.05) is 6.54 Å². The van der Waals surface area contributed by atoms with Crippen LogP contribution in [0.15, 0.2) is 24.3 Å². The number of sulfonamides is 1. The number of carbonyl (C=O) groups is 2. The minimum absolute atomic E-state index is 0.199. The highest BCUT2D eigenvalue weighted by Gasteiger charge is 2.50. The zero-order valence-corrected chi connectivity index (χ0v) is 18.2. The average Bonchev–Trinajstić information content (AvgIpc) is 3.17. The number of rotatable bonds is 7. The molecule has 0 aromatic heterocycles. The molecule has 6 nitrogen and oxygen atoms in total. The lowest BCUT2D eigenvalue weighted by molar-refractivity contribution is -0.156. The van der Waals surface area contributed by atoms with E-state index >= 15 is 0 Å². The second kappa shape index (κ2) is 8.80. The lowest BCUT2D eigenvalue weighted by Gasteiger charge is -2.49. The van der Waals surface area contributed by atoms with E-state index in [0.717, 1.165) is 44.2 Å². The summed E-state index contributed by atoms with van der Waals surface area (Å²) in [6, 6.07) is 4.34. The topological polar surface area (TPSA) is 83.6 Å². The van der Waals surface area contributed by atoms with Gasteiger partial charge in [-0.05, 0) is 37.3 Å². The molecule has 31 heavy (non-hydrogen) atoms. The minimum atomic E-state index is -4.71.